The number of halogens is 1. The summed E-state index contributed by atoms with van der Waals surface area (Å²) >= 11 is 0. The highest BCUT2D eigenvalue weighted by Gasteiger charge is 2.21. The van der Waals surface area contributed by atoms with Gasteiger partial charge in [-0.25, -0.2) is 0 Å². The fourth-order valence-electron chi connectivity index (χ4n) is 3.78. The van der Waals surface area contributed by atoms with Gasteiger partial charge >= 0.3 is 0 Å². The van der Waals surface area contributed by atoms with Crippen molar-refractivity contribution in [3.8, 4) is 0 Å². The summed E-state index contributed by atoms with van der Waals surface area (Å²) in [7, 11) is 6.15. The number of nitrogens with one attached hydrogen (secondary N) is 1. The summed E-state index contributed by atoms with van der Waals surface area (Å²) in [4.78, 5) is 12.0. The Balaban J connectivity index is 0.00000320. The van der Waals surface area contributed by atoms with Gasteiger partial charge in [-0.15, -0.1) is 24.0 Å². The monoisotopic (exact) mass is 525 g/mol. The standard InChI is InChI=1S/C22H35N7.HI/c1-6-23-22(24-16-21(26(3)4)19-15-25-27(5)17-19)29-12-10-28(11-13-29)20-9-7-8-18(2)14-20;/h7-9,14-15,17,21H,6,10-13,16H2,1-5H3,(H,23,24);1H. The molecule has 1 N–H and O–H groups in total. The molecule has 0 bridgehead atoms. The summed E-state index contributed by atoms with van der Waals surface area (Å²) in [5, 5.41) is 7.81. The van der Waals surface area contributed by atoms with Crippen LogP contribution in [-0.2, 0) is 7.05 Å². The zero-order valence-electron chi connectivity index (χ0n) is 18.9. The number of hydrogen-bond acceptors (Lipinski definition) is 4. The number of anilines is 1. The third-order valence-corrected chi connectivity index (χ3v) is 5.43. The molecule has 0 aliphatic carbocycles. The molecule has 2 aromatic rings. The fourth-order valence-corrected chi connectivity index (χ4v) is 3.78. The van der Waals surface area contributed by atoms with Gasteiger partial charge < -0.3 is 20.0 Å². The van der Waals surface area contributed by atoms with Crippen molar-refractivity contribution >= 4 is 35.6 Å². The lowest BCUT2D eigenvalue weighted by Gasteiger charge is -2.38. The summed E-state index contributed by atoms with van der Waals surface area (Å²) in [5.74, 6) is 1.01. The van der Waals surface area contributed by atoms with Crippen LogP contribution in [0, 0.1) is 6.92 Å². The molecule has 0 amide bonds. The second-order valence-corrected chi connectivity index (χ2v) is 7.93. The van der Waals surface area contributed by atoms with Crippen molar-refractivity contribution in [2.75, 3.05) is 58.3 Å². The Morgan fingerprint density at radius 3 is 2.53 bits per heavy atom. The summed E-state index contributed by atoms with van der Waals surface area (Å²) in [5.41, 5.74) is 3.82. The third-order valence-electron chi connectivity index (χ3n) is 5.43. The van der Waals surface area contributed by atoms with E-state index in [4.69, 9.17) is 4.99 Å². The number of hydrogen-bond donors (Lipinski definition) is 1. The van der Waals surface area contributed by atoms with E-state index in [1.807, 2.05) is 17.9 Å². The van der Waals surface area contributed by atoms with E-state index in [2.05, 4.69) is 83.5 Å². The molecule has 1 aromatic heterocycles. The van der Waals surface area contributed by atoms with Crippen LogP contribution in [0.5, 0.6) is 0 Å². The molecular formula is C22H36IN7. The molecule has 1 aromatic carbocycles. The second-order valence-electron chi connectivity index (χ2n) is 7.93. The van der Waals surface area contributed by atoms with Crippen LogP contribution in [-0.4, -0.2) is 78.9 Å². The molecule has 3 rings (SSSR count). The van der Waals surface area contributed by atoms with Gasteiger partial charge in [0.05, 0.1) is 18.8 Å². The van der Waals surface area contributed by atoms with Gasteiger partial charge in [0.2, 0.25) is 0 Å². The van der Waals surface area contributed by atoms with E-state index in [1.165, 1.54) is 16.8 Å². The largest absolute Gasteiger partial charge is 0.368 e. The third kappa shape index (κ3) is 6.34. The van der Waals surface area contributed by atoms with Gasteiger partial charge in [-0.1, -0.05) is 12.1 Å². The van der Waals surface area contributed by atoms with E-state index in [0.717, 1.165) is 38.7 Å². The van der Waals surface area contributed by atoms with Crippen LogP contribution >= 0.6 is 24.0 Å². The van der Waals surface area contributed by atoms with Gasteiger partial charge in [-0.2, -0.15) is 5.10 Å². The summed E-state index contributed by atoms with van der Waals surface area (Å²) < 4.78 is 1.85. The molecule has 8 heteroatoms. The van der Waals surface area contributed by atoms with E-state index in [0.29, 0.717) is 6.54 Å². The van der Waals surface area contributed by atoms with E-state index < -0.39 is 0 Å². The molecule has 0 radical (unpaired) electrons. The lowest BCUT2D eigenvalue weighted by Crippen LogP contribution is -2.52. The molecule has 0 spiro atoms. The Hall–Kier alpha value is -1.81. The molecule has 2 heterocycles. The molecule has 1 saturated heterocycles. The molecule has 1 unspecified atom stereocenters. The summed E-state index contributed by atoms with van der Waals surface area (Å²) in [6, 6.07) is 8.98. The average molecular weight is 525 g/mol. The van der Waals surface area contributed by atoms with Crippen molar-refractivity contribution in [2.24, 2.45) is 12.0 Å². The van der Waals surface area contributed by atoms with Gasteiger partial charge in [0.15, 0.2) is 5.96 Å². The first kappa shape index (κ1) is 24.5. The minimum Gasteiger partial charge on any atom is -0.368 e. The molecule has 0 saturated carbocycles. The van der Waals surface area contributed by atoms with E-state index in [1.54, 1.807) is 0 Å². The van der Waals surface area contributed by atoms with Crippen LogP contribution in [0.2, 0.25) is 0 Å². The van der Waals surface area contributed by atoms with Gasteiger partial charge in [0.1, 0.15) is 0 Å². The molecule has 7 nitrogen and oxygen atoms in total. The van der Waals surface area contributed by atoms with Gasteiger partial charge in [-0.3, -0.25) is 9.67 Å². The number of aliphatic imine (C=N–C) groups is 1. The highest BCUT2D eigenvalue weighted by molar-refractivity contribution is 14.0. The Kier molecular flexibility index (Phi) is 9.41. The van der Waals surface area contributed by atoms with Crippen LogP contribution < -0.4 is 10.2 Å². The topological polar surface area (TPSA) is 51.9 Å². The van der Waals surface area contributed by atoms with Gasteiger partial charge in [-0.05, 0) is 45.6 Å². The number of benzene rings is 1. The number of rotatable bonds is 6. The Bertz CT molecular complexity index is 809. The van der Waals surface area contributed by atoms with E-state index in [9.17, 15) is 0 Å². The maximum absolute atomic E-state index is 4.99. The van der Waals surface area contributed by atoms with Crippen LogP contribution in [0.4, 0.5) is 5.69 Å². The normalized spacial score (nSPS) is 15.9. The molecular weight excluding hydrogens is 489 g/mol. The number of guanidine groups is 1. The van der Waals surface area contributed by atoms with Crippen LogP contribution in [0.15, 0.2) is 41.7 Å². The molecule has 1 fully saturated rings. The number of aryl methyl sites for hydroxylation is 2. The van der Waals surface area contributed by atoms with Crippen molar-refractivity contribution in [1.29, 1.82) is 0 Å². The lowest BCUT2D eigenvalue weighted by molar-refractivity contribution is 0.303. The quantitative estimate of drug-likeness (QED) is 0.357. The molecule has 1 aliphatic rings. The fraction of sp³-hybridized carbons (Fsp3) is 0.545. The minimum absolute atomic E-state index is 0. The van der Waals surface area contributed by atoms with E-state index in [-0.39, 0.29) is 30.0 Å². The van der Waals surface area contributed by atoms with Crippen molar-refractivity contribution in [2.45, 2.75) is 19.9 Å². The Labute approximate surface area is 198 Å². The lowest BCUT2D eigenvalue weighted by atomic mass is 10.1. The van der Waals surface area contributed by atoms with Crippen LogP contribution in [0.25, 0.3) is 0 Å². The predicted molar refractivity (Wildman–Crippen MR) is 136 cm³/mol. The average Bonchev–Trinajstić information content (AvgIpc) is 3.13. The second kappa shape index (κ2) is 11.5. The summed E-state index contributed by atoms with van der Waals surface area (Å²) in [6.07, 6.45) is 4.02. The van der Waals surface area contributed by atoms with Gasteiger partial charge in [0.25, 0.3) is 0 Å². The maximum Gasteiger partial charge on any atom is 0.194 e. The first-order chi connectivity index (χ1) is 14.0. The zero-order chi connectivity index (χ0) is 20.8. The molecule has 1 aliphatic heterocycles. The summed E-state index contributed by atoms with van der Waals surface area (Å²) in [6.45, 7) is 9.82. The van der Waals surface area contributed by atoms with Crippen LogP contribution in [0.1, 0.15) is 24.1 Å². The number of piperazine rings is 1. The van der Waals surface area contributed by atoms with Crippen molar-refractivity contribution in [1.82, 2.24) is 24.9 Å². The molecule has 166 valence electrons. The Morgan fingerprint density at radius 2 is 1.97 bits per heavy atom. The smallest absolute Gasteiger partial charge is 0.194 e. The number of nitrogens with zero attached hydrogens (tertiary/aromatic N) is 6. The molecule has 1 atom stereocenters. The number of aromatic nitrogens is 2. The van der Waals surface area contributed by atoms with Crippen LogP contribution in [0.3, 0.4) is 0 Å². The maximum atomic E-state index is 4.99. The van der Waals surface area contributed by atoms with Gasteiger partial charge in [0, 0.05) is 57.2 Å². The Morgan fingerprint density at radius 1 is 1.23 bits per heavy atom. The zero-order valence-corrected chi connectivity index (χ0v) is 21.2. The minimum atomic E-state index is 0. The van der Waals surface area contributed by atoms with Crippen molar-refractivity contribution in [3.05, 3.63) is 47.8 Å². The predicted octanol–water partition coefficient (Wildman–Crippen LogP) is 2.74. The highest BCUT2D eigenvalue weighted by Crippen LogP contribution is 2.19. The SMILES string of the molecule is CCNC(=NCC(c1cnn(C)c1)N(C)C)N1CCN(c2cccc(C)c2)CC1.I. The highest BCUT2D eigenvalue weighted by atomic mass is 127. The van der Waals surface area contributed by atoms with Crippen molar-refractivity contribution < 1.29 is 0 Å². The number of likely N-dealkylation sites (N-methyl/N-ethyl adjacent to an activating group) is 1. The van der Waals surface area contributed by atoms with E-state index >= 15 is 0 Å². The molecule has 30 heavy (non-hydrogen) atoms. The first-order valence-corrected chi connectivity index (χ1v) is 10.5. The first-order valence-electron chi connectivity index (χ1n) is 10.5. The van der Waals surface area contributed by atoms with Crippen molar-refractivity contribution in [3.63, 3.8) is 0 Å².